The van der Waals surface area contributed by atoms with Crippen LogP contribution in [-0.2, 0) is 11.3 Å². The lowest BCUT2D eigenvalue weighted by Crippen LogP contribution is -2.33. The average molecular weight is 307 g/mol. The normalized spacial score (nSPS) is 10.7. The summed E-state index contributed by atoms with van der Waals surface area (Å²) in [4.78, 5) is 12.6. The largest absolute Gasteiger partial charge is 0.358 e. The average Bonchev–Trinajstić information content (AvgIpc) is 2.29. The van der Waals surface area contributed by atoms with Gasteiger partial charge in [-0.1, -0.05) is 0 Å². The maximum absolute atomic E-state index is 13.6. The second kappa shape index (κ2) is 6.07. The molecule has 0 aliphatic carbocycles. The van der Waals surface area contributed by atoms with Crippen LogP contribution in [0.4, 0.5) is 8.78 Å². The van der Waals surface area contributed by atoms with Crippen LogP contribution >= 0.6 is 15.9 Å². The number of nitrogens with zero attached hydrogens (tertiary/aromatic N) is 1. The first-order valence-corrected chi connectivity index (χ1v) is 5.76. The van der Waals surface area contributed by atoms with E-state index in [2.05, 4.69) is 21.2 Å². The highest BCUT2D eigenvalue weighted by atomic mass is 79.9. The molecule has 3 nitrogen and oxygen atoms in total. The second-order valence-corrected chi connectivity index (χ2v) is 4.52. The molecule has 0 atom stereocenters. The van der Waals surface area contributed by atoms with Gasteiger partial charge in [0.05, 0.1) is 11.0 Å². The first-order valence-electron chi connectivity index (χ1n) is 4.97. The zero-order chi connectivity index (χ0) is 13.0. The van der Waals surface area contributed by atoms with Crippen molar-refractivity contribution < 1.29 is 13.6 Å². The van der Waals surface area contributed by atoms with E-state index in [1.807, 2.05) is 0 Å². The molecule has 1 N–H and O–H groups in total. The van der Waals surface area contributed by atoms with E-state index < -0.39 is 11.6 Å². The van der Waals surface area contributed by atoms with Gasteiger partial charge in [0.25, 0.3) is 0 Å². The number of hydrogen-bond donors (Lipinski definition) is 1. The maximum Gasteiger partial charge on any atom is 0.233 e. The van der Waals surface area contributed by atoms with Crippen LogP contribution in [0.25, 0.3) is 0 Å². The zero-order valence-electron chi connectivity index (χ0n) is 9.56. The smallest absolute Gasteiger partial charge is 0.233 e. The van der Waals surface area contributed by atoms with Crippen molar-refractivity contribution >= 4 is 21.8 Å². The van der Waals surface area contributed by atoms with Gasteiger partial charge in [-0.25, -0.2) is 8.78 Å². The number of benzene rings is 1. The van der Waals surface area contributed by atoms with Gasteiger partial charge in [0.1, 0.15) is 11.6 Å². The summed E-state index contributed by atoms with van der Waals surface area (Å²) in [7, 11) is 3.13. The zero-order valence-corrected chi connectivity index (χ0v) is 11.1. The molecule has 1 rings (SSSR count). The van der Waals surface area contributed by atoms with Crippen LogP contribution in [0.15, 0.2) is 16.6 Å². The standard InChI is InChI=1S/C11H13BrF2N2O/c1-15-10(17)6-16(2)5-7-9(13)4-3-8(12)11(7)14/h3-4H,5-6H2,1-2H3,(H,15,17). The van der Waals surface area contributed by atoms with Crippen LogP contribution in [0.1, 0.15) is 5.56 Å². The molecule has 0 unspecified atom stereocenters. The molecular weight excluding hydrogens is 294 g/mol. The molecular formula is C11H13BrF2N2O. The Hall–Kier alpha value is -1.01. The lowest BCUT2D eigenvalue weighted by Gasteiger charge is -2.16. The molecule has 0 saturated carbocycles. The molecule has 0 fully saturated rings. The predicted molar refractivity (Wildman–Crippen MR) is 64.5 cm³/mol. The Labute approximate surface area is 107 Å². The van der Waals surface area contributed by atoms with Crippen LogP contribution < -0.4 is 5.32 Å². The van der Waals surface area contributed by atoms with Crippen molar-refractivity contribution in [1.82, 2.24) is 10.2 Å². The molecule has 0 aromatic heterocycles. The van der Waals surface area contributed by atoms with Crippen LogP contribution in [0.3, 0.4) is 0 Å². The molecule has 17 heavy (non-hydrogen) atoms. The lowest BCUT2D eigenvalue weighted by atomic mass is 10.2. The van der Waals surface area contributed by atoms with E-state index in [0.29, 0.717) is 0 Å². The Morgan fingerprint density at radius 2 is 2.12 bits per heavy atom. The van der Waals surface area contributed by atoms with Crippen molar-refractivity contribution in [3.8, 4) is 0 Å². The molecule has 0 bridgehead atoms. The number of amides is 1. The van der Waals surface area contributed by atoms with E-state index in [4.69, 9.17) is 0 Å². The van der Waals surface area contributed by atoms with Crippen molar-refractivity contribution in [2.24, 2.45) is 0 Å². The third-order valence-electron chi connectivity index (χ3n) is 2.26. The fraction of sp³-hybridized carbons (Fsp3) is 0.364. The Balaban J connectivity index is 2.81. The van der Waals surface area contributed by atoms with E-state index in [9.17, 15) is 13.6 Å². The molecule has 0 aliphatic rings. The summed E-state index contributed by atoms with van der Waals surface area (Å²) in [5, 5.41) is 2.44. The first-order chi connectivity index (χ1) is 7.95. The van der Waals surface area contributed by atoms with Gasteiger partial charge >= 0.3 is 0 Å². The third-order valence-corrected chi connectivity index (χ3v) is 2.87. The minimum absolute atomic E-state index is 0.0323. The van der Waals surface area contributed by atoms with Gasteiger partial charge in [-0.2, -0.15) is 0 Å². The topological polar surface area (TPSA) is 32.3 Å². The van der Waals surface area contributed by atoms with Gasteiger partial charge in [0.15, 0.2) is 0 Å². The van der Waals surface area contributed by atoms with Gasteiger partial charge < -0.3 is 5.32 Å². The van der Waals surface area contributed by atoms with Crippen LogP contribution in [-0.4, -0.2) is 31.4 Å². The highest BCUT2D eigenvalue weighted by Crippen LogP contribution is 2.22. The summed E-state index contributed by atoms with van der Waals surface area (Å²) in [6, 6.07) is 2.50. The molecule has 1 aromatic carbocycles. The van der Waals surface area contributed by atoms with Crippen LogP contribution in [0, 0.1) is 11.6 Å². The molecule has 0 aliphatic heterocycles. The van der Waals surface area contributed by atoms with E-state index >= 15 is 0 Å². The maximum atomic E-state index is 13.6. The second-order valence-electron chi connectivity index (χ2n) is 3.67. The Kier molecular flexibility index (Phi) is 5.02. The SMILES string of the molecule is CNC(=O)CN(C)Cc1c(F)ccc(Br)c1F. The number of rotatable bonds is 4. The summed E-state index contributed by atoms with van der Waals surface area (Å²) in [5.74, 6) is -1.45. The number of hydrogen-bond acceptors (Lipinski definition) is 2. The fourth-order valence-electron chi connectivity index (χ4n) is 1.36. The summed E-state index contributed by atoms with van der Waals surface area (Å²) in [5.41, 5.74) is -0.0502. The molecule has 94 valence electrons. The monoisotopic (exact) mass is 306 g/mol. The molecule has 0 saturated heterocycles. The molecule has 0 spiro atoms. The summed E-state index contributed by atoms with van der Waals surface area (Å²) < 4.78 is 27.3. The Morgan fingerprint density at radius 1 is 1.47 bits per heavy atom. The molecule has 1 aromatic rings. The fourth-order valence-corrected chi connectivity index (χ4v) is 1.74. The van der Waals surface area contributed by atoms with Gasteiger partial charge in [0.2, 0.25) is 5.91 Å². The number of likely N-dealkylation sites (N-methyl/N-ethyl adjacent to an activating group) is 2. The van der Waals surface area contributed by atoms with E-state index in [-0.39, 0.29) is 29.0 Å². The number of carbonyl (C=O) groups is 1. The number of carbonyl (C=O) groups excluding carboxylic acids is 1. The van der Waals surface area contributed by atoms with Crippen LogP contribution in [0.2, 0.25) is 0 Å². The van der Waals surface area contributed by atoms with Crippen molar-refractivity contribution in [3.05, 3.63) is 33.8 Å². The quantitative estimate of drug-likeness (QED) is 0.862. The van der Waals surface area contributed by atoms with Crippen molar-refractivity contribution in [3.63, 3.8) is 0 Å². The van der Waals surface area contributed by atoms with E-state index in [1.54, 1.807) is 7.05 Å². The van der Waals surface area contributed by atoms with Gasteiger partial charge in [0, 0.05) is 19.2 Å². The van der Waals surface area contributed by atoms with Gasteiger partial charge in [-0.05, 0) is 35.1 Å². The van der Waals surface area contributed by atoms with Crippen molar-refractivity contribution in [2.45, 2.75) is 6.54 Å². The van der Waals surface area contributed by atoms with E-state index in [0.717, 1.165) is 0 Å². The summed E-state index contributed by atoms with van der Waals surface area (Å²) in [6.07, 6.45) is 0. The molecule has 1 amide bonds. The highest BCUT2D eigenvalue weighted by Gasteiger charge is 2.15. The third kappa shape index (κ3) is 3.74. The minimum atomic E-state index is -0.631. The van der Waals surface area contributed by atoms with Crippen molar-refractivity contribution in [2.75, 3.05) is 20.6 Å². The molecule has 0 heterocycles. The van der Waals surface area contributed by atoms with Crippen molar-refractivity contribution in [1.29, 1.82) is 0 Å². The van der Waals surface area contributed by atoms with E-state index in [1.165, 1.54) is 24.1 Å². The lowest BCUT2D eigenvalue weighted by molar-refractivity contribution is -0.121. The number of nitrogens with one attached hydrogen (secondary N) is 1. The molecule has 0 radical (unpaired) electrons. The molecule has 6 heteroatoms. The minimum Gasteiger partial charge on any atom is -0.358 e. The first kappa shape index (κ1) is 14.1. The van der Waals surface area contributed by atoms with Crippen LogP contribution in [0.5, 0.6) is 0 Å². The van der Waals surface area contributed by atoms with Gasteiger partial charge in [-0.15, -0.1) is 0 Å². The van der Waals surface area contributed by atoms with Gasteiger partial charge in [-0.3, -0.25) is 9.69 Å². The predicted octanol–water partition coefficient (Wildman–Crippen LogP) is 1.91. The number of halogens is 3. The highest BCUT2D eigenvalue weighted by molar-refractivity contribution is 9.10. The summed E-state index contributed by atoms with van der Waals surface area (Å²) >= 11 is 3.00. The Bertz CT molecular complexity index is 426. The Morgan fingerprint density at radius 3 is 2.71 bits per heavy atom. The summed E-state index contributed by atoms with van der Waals surface area (Å²) in [6.45, 7) is 0.117.